The molecule has 6 heteroatoms. The first-order chi connectivity index (χ1) is 11.1. The van der Waals surface area contributed by atoms with Crippen molar-refractivity contribution in [1.82, 2.24) is 14.9 Å². The van der Waals surface area contributed by atoms with E-state index in [0.717, 1.165) is 5.56 Å². The molecule has 1 fully saturated rings. The number of rotatable bonds is 2. The second kappa shape index (κ2) is 6.44. The largest absolute Gasteiger partial charge is 0.390 e. The van der Waals surface area contributed by atoms with Crippen molar-refractivity contribution in [3.63, 3.8) is 0 Å². The van der Waals surface area contributed by atoms with Crippen molar-refractivity contribution in [2.24, 2.45) is 0 Å². The minimum Gasteiger partial charge on any atom is -0.390 e. The number of benzene rings is 1. The first-order valence-corrected chi connectivity index (χ1v) is 7.60. The molecule has 0 bridgehead atoms. The first kappa shape index (κ1) is 15.6. The van der Waals surface area contributed by atoms with Gasteiger partial charge in [0.15, 0.2) is 5.82 Å². The summed E-state index contributed by atoms with van der Waals surface area (Å²) in [6.07, 6.45) is 0.230. The fraction of sp³-hybridized carbons (Fsp3) is 0.353. The van der Waals surface area contributed by atoms with Crippen LogP contribution in [0.2, 0.25) is 0 Å². The lowest BCUT2D eigenvalue weighted by atomic mass is 10.0. The van der Waals surface area contributed by atoms with Crippen molar-refractivity contribution in [3.8, 4) is 11.4 Å². The number of β-amino-alcohol motifs (C(OH)–C–C–N with tert-alkyl or cyclic N) is 1. The lowest BCUT2D eigenvalue weighted by Gasteiger charge is -2.33. The minimum atomic E-state index is -0.905. The lowest BCUT2D eigenvalue weighted by molar-refractivity contribution is -0.0322. The third kappa shape index (κ3) is 3.23. The van der Waals surface area contributed by atoms with Gasteiger partial charge in [0.1, 0.15) is 0 Å². The number of hydrogen-bond donors (Lipinski definition) is 2. The van der Waals surface area contributed by atoms with Crippen molar-refractivity contribution in [2.75, 3.05) is 13.1 Å². The second-order valence-electron chi connectivity index (χ2n) is 5.73. The average Bonchev–Trinajstić information content (AvgIpc) is 2.57. The van der Waals surface area contributed by atoms with Gasteiger partial charge in [0.05, 0.1) is 23.5 Å². The quantitative estimate of drug-likeness (QED) is 0.864. The van der Waals surface area contributed by atoms with Crippen LogP contribution in [-0.4, -0.2) is 56.3 Å². The number of likely N-dealkylation sites (tertiary alicyclic amines) is 1. The molecule has 1 aliphatic rings. The van der Waals surface area contributed by atoms with E-state index >= 15 is 0 Å². The summed E-state index contributed by atoms with van der Waals surface area (Å²) >= 11 is 0. The maximum Gasteiger partial charge on any atom is 0.257 e. The Labute approximate surface area is 134 Å². The summed E-state index contributed by atoms with van der Waals surface area (Å²) in [6, 6.07) is 9.57. The fourth-order valence-electron chi connectivity index (χ4n) is 2.68. The molecule has 2 aromatic rings. The molecule has 1 aromatic carbocycles. The number of aliphatic hydroxyl groups is 2. The van der Waals surface area contributed by atoms with Crippen LogP contribution < -0.4 is 0 Å². The lowest BCUT2D eigenvalue weighted by Crippen LogP contribution is -2.49. The van der Waals surface area contributed by atoms with E-state index in [2.05, 4.69) is 9.97 Å². The highest BCUT2D eigenvalue weighted by molar-refractivity contribution is 5.95. The summed E-state index contributed by atoms with van der Waals surface area (Å²) in [5.41, 5.74) is 1.92. The zero-order valence-electron chi connectivity index (χ0n) is 12.9. The highest BCUT2D eigenvalue weighted by Gasteiger charge is 2.30. The number of carbonyl (C=O) groups excluding carboxylic acids is 1. The van der Waals surface area contributed by atoms with Crippen molar-refractivity contribution in [1.29, 1.82) is 0 Å². The van der Waals surface area contributed by atoms with Crippen LogP contribution in [0.4, 0.5) is 0 Å². The molecular weight excluding hydrogens is 294 g/mol. The van der Waals surface area contributed by atoms with Crippen molar-refractivity contribution < 1.29 is 15.0 Å². The topological polar surface area (TPSA) is 86.6 Å². The van der Waals surface area contributed by atoms with Gasteiger partial charge in [-0.1, -0.05) is 30.3 Å². The number of hydrogen-bond acceptors (Lipinski definition) is 5. The van der Waals surface area contributed by atoms with Gasteiger partial charge in [-0.2, -0.15) is 0 Å². The first-order valence-electron chi connectivity index (χ1n) is 7.60. The number of aromatic nitrogens is 2. The SMILES string of the molecule is Cc1nc(-c2ccccc2)ncc1C(=O)N1CC[C@@H](O)[C@H](O)C1. The molecule has 2 atom stereocenters. The Balaban J connectivity index is 1.82. The zero-order chi connectivity index (χ0) is 16.4. The maximum absolute atomic E-state index is 12.6. The molecule has 1 aromatic heterocycles. The van der Waals surface area contributed by atoms with Crippen LogP contribution >= 0.6 is 0 Å². The van der Waals surface area contributed by atoms with Gasteiger partial charge in [0.25, 0.3) is 5.91 Å². The molecule has 120 valence electrons. The highest BCUT2D eigenvalue weighted by Crippen LogP contribution is 2.19. The molecule has 6 nitrogen and oxygen atoms in total. The van der Waals surface area contributed by atoms with Gasteiger partial charge in [-0.25, -0.2) is 9.97 Å². The normalized spacial score (nSPS) is 21.3. The Bertz CT molecular complexity index is 705. The van der Waals surface area contributed by atoms with E-state index in [1.807, 2.05) is 30.3 Å². The van der Waals surface area contributed by atoms with Crippen LogP contribution in [-0.2, 0) is 0 Å². The third-order valence-corrected chi connectivity index (χ3v) is 4.08. The molecule has 0 unspecified atom stereocenters. The second-order valence-corrected chi connectivity index (χ2v) is 5.73. The Morgan fingerprint density at radius 3 is 2.61 bits per heavy atom. The third-order valence-electron chi connectivity index (χ3n) is 4.08. The van der Waals surface area contributed by atoms with Gasteiger partial charge in [-0.05, 0) is 13.3 Å². The number of nitrogens with zero attached hydrogens (tertiary/aromatic N) is 3. The molecule has 1 saturated heterocycles. The van der Waals surface area contributed by atoms with Gasteiger partial charge in [0.2, 0.25) is 0 Å². The molecule has 0 saturated carbocycles. The molecule has 0 aliphatic carbocycles. The van der Waals surface area contributed by atoms with E-state index in [4.69, 9.17) is 0 Å². The summed E-state index contributed by atoms with van der Waals surface area (Å²) in [5.74, 6) is 0.363. The Morgan fingerprint density at radius 2 is 1.96 bits per heavy atom. The number of carbonyl (C=O) groups is 1. The molecule has 3 rings (SSSR count). The monoisotopic (exact) mass is 313 g/mol. The highest BCUT2D eigenvalue weighted by atomic mass is 16.3. The summed E-state index contributed by atoms with van der Waals surface area (Å²) in [5, 5.41) is 19.3. The van der Waals surface area contributed by atoms with E-state index in [0.29, 0.717) is 30.0 Å². The predicted octanol–water partition coefficient (Wildman–Crippen LogP) is 1.02. The molecule has 23 heavy (non-hydrogen) atoms. The van der Waals surface area contributed by atoms with Crippen LogP contribution in [0.1, 0.15) is 22.5 Å². The van der Waals surface area contributed by atoms with Gasteiger partial charge in [-0.15, -0.1) is 0 Å². The minimum absolute atomic E-state index is 0.125. The van der Waals surface area contributed by atoms with Crippen LogP contribution in [0.25, 0.3) is 11.4 Å². The summed E-state index contributed by atoms with van der Waals surface area (Å²) < 4.78 is 0. The van der Waals surface area contributed by atoms with Crippen LogP contribution in [0.3, 0.4) is 0 Å². The average molecular weight is 313 g/mol. The number of amides is 1. The fourth-order valence-corrected chi connectivity index (χ4v) is 2.68. The van der Waals surface area contributed by atoms with Crippen LogP contribution in [0.15, 0.2) is 36.5 Å². The Morgan fingerprint density at radius 1 is 1.22 bits per heavy atom. The van der Waals surface area contributed by atoms with Crippen molar-refractivity contribution >= 4 is 5.91 Å². The summed E-state index contributed by atoms with van der Waals surface area (Å²) in [4.78, 5) is 22.8. The van der Waals surface area contributed by atoms with E-state index in [9.17, 15) is 15.0 Å². The number of piperidine rings is 1. The maximum atomic E-state index is 12.6. The standard InChI is InChI=1S/C17H19N3O3/c1-11-13(17(23)20-8-7-14(21)15(22)10-20)9-18-16(19-11)12-5-3-2-4-6-12/h2-6,9,14-15,21-22H,7-8,10H2,1H3/t14-,15-/m1/s1. The molecular formula is C17H19N3O3. The summed E-state index contributed by atoms with van der Waals surface area (Å²) in [7, 11) is 0. The zero-order valence-corrected chi connectivity index (χ0v) is 12.9. The van der Waals surface area contributed by atoms with Crippen LogP contribution in [0, 0.1) is 6.92 Å². The van der Waals surface area contributed by atoms with Crippen molar-refractivity contribution in [3.05, 3.63) is 47.8 Å². The number of aliphatic hydroxyl groups excluding tert-OH is 2. The smallest absolute Gasteiger partial charge is 0.257 e. The van der Waals surface area contributed by atoms with Gasteiger partial charge in [0, 0.05) is 24.8 Å². The van der Waals surface area contributed by atoms with Crippen molar-refractivity contribution in [2.45, 2.75) is 25.6 Å². The van der Waals surface area contributed by atoms with E-state index in [1.54, 1.807) is 6.92 Å². The molecule has 0 radical (unpaired) electrons. The van der Waals surface area contributed by atoms with Crippen LogP contribution in [0.5, 0.6) is 0 Å². The van der Waals surface area contributed by atoms with Gasteiger partial charge in [-0.3, -0.25) is 4.79 Å². The number of aryl methyl sites for hydroxylation is 1. The molecule has 1 aliphatic heterocycles. The Kier molecular flexibility index (Phi) is 4.36. The van der Waals surface area contributed by atoms with Gasteiger partial charge < -0.3 is 15.1 Å². The molecule has 2 heterocycles. The van der Waals surface area contributed by atoms with Gasteiger partial charge >= 0.3 is 0 Å². The summed E-state index contributed by atoms with van der Waals surface area (Å²) in [6.45, 7) is 2.31. The van der Waals surface area contributed by atoms with E-state index < -0.39 is 12.2 Å². The molecule has 0 spiro atoms. The molecule has 2 N–H and O–H groups in total. The Hall–Kier alpha value is -2.31. The predicted molar refractivity (Wildman–Crippen MR) is 84.7 cm³/mol. The van der Waals surface area contributed by atoms with E-state index in [1.165, 1.54) is 11.1 Å². The molecule has 1 amide bonds. The van der Waals surface area contributed by atoms with E-state index in [-0.39, 0.29) is 12.5 Å².